The molecule has 2 heteroatoms. The summed E-state index contributed by atoms with van der Waals surface area (Å²) in [5.74, 6) is 0. The number of rotatable bonds is 0. The Kier molecular flexibility index (Phi) is 0.688. The Morgan fingerprint density at radius 2 is 2.00 bits per heavy atom. The third-order valence-corrected chi connectivity index (χ3v) is 7.35. The maximum Gasteiger partial charge on any atom is 0.0113 e. The Bertz CT molecular complexity index is 12.0. The van der Waals surface area contributed by atoms with Crippen molar-refractivity contribution in [2.45, 2.75) is 6.04 Å². The molecule has 23 valence electrons. The van der Waals surface area contributed by atoms with Gasteiger partial charge in [-0.25, -0.2) is 0 Å². The van der Waals surface area contributed by atoms with Gasteiger partial charge in [-0.15, -0.1) is 0 Å². The van der Waals surface area contributed by atoms with Crippen LogP contribution in [-0.4, -0.2) is 18.1 Å². The lowest BCUT2D eigenvalue weighted by Gasteiger charge is -2.03. The normalized spacial score (nSPS) is 36.0. The first kappa shape index (κ1) is 2.66. The molecule has 1 radical (unpaired) electrons. The summed E-state index contributed by atoms with van der Waals surface area (Å²) < 4.78 is 0. The van der Waals surface area contributed by atoms with Crippen LogP contribution in [0.4, 0.5) is 0 Å². The summed E-state index contributed by atoms with van der Waals surface area (Å²) in [5.41, 5.74) is 0. The van der Waals surface area contributed by atoms with Crippen LogP contribution in [-0.2, 0) is 0 Å². The van der Waals surface area contributed by atoms with Crippen molar-refractivity contribution in [3.63, 3.8) is 0 Å². The van der Waals surface area contributed by atoms with E-state index in [0.717, 1.165) is 0 Å². The molecule has 0 spiro atoms. The molecule has 1 aliphatic heterocycles. The van der Waals surface area contributed by atoms with Crippen LogP contribution in [0.1, 0.15) is 0 Å². The fraction of sp³-hybridized carbons (Fsp3) is 0.500. The van der Waals surface area contributed by atoms with E-state index in [1.165, 1.54) is 0 Å². The van der Waals surface area contributed by atoms with E-state index in [4.69, 9.17) is 0 Å². The molecule has 0 atom stereocenters. The topological polar surface area (TPSA) is 0 Å². The van der Waals surface area contributed by atoms with E-state index in [1.807, 2.05) is 0 Å². The van der Waals surface area contributed by atoms with E-state index in [9.17, 15) is 0 Å². The van der Waals surface area contributed by atoms with E-state index >= 15 is 0 Å². The van der Waals surface area contributed by atoms with Gasteiger partial charge < -0.3 is 0 Å². The Balaban J connectivity index is 2.00. The predicted octanol–water partition coefficient (Wildman–Crippen LogP) is -1.17. The van der Waals surface area contributed by atoms with Crippen LogP contribution in [0.5, 0.6) is 0 Å². The SMILES string of the molecule is [CH]1C[SiH2][SiH2]1. The van der Waals surface area contributed by atoms with E-state index in [-0.39, 0.29) is 0 Å². The van der Waals surface area contributed by atoms with Gasteiger partial charge in [0, 0.05) is 18.1 Å². The maximum atomic E-state index is 2.51. The van der Waals surface area contributed by atoms with Crippen LogP contribution in [0.3, 0.4) is 0 Å². The van der Waals surface area contributed by atoms with Crippen LogP contribution in [0.15, 0.2) is 0 Å². The number of hydrogen-bond donors (Lipinski definition) is 0. The highest BCUT2D eigenvalue weighted by atomic mass is 29.1. The van der Waals surface area contributed by atoms with Gasteiger partial charge in [-0.05, 0) is 0 Å². The molecule has 0 aromatic heterocycles. The summed E-state index contributed by atoms with van der Waals surface area (Å²) in [4.78, 5) is 0. The lowest BCUT2D eigenvalue weighted by atomic mass is 10.9. The quantitative estimate of drug-likeness (QED) is 0.327. The lowest BCUT2D eigenvalue weighted by molar-refractivity contribution is 1.62. The highest BCUT2D eigenvalue weighted by Crippen LogP contribution is 1.92. The zero-order valence-corrected chi connectivity index (χ0v) is 5.53. The van der Waals surface area contributed by atoms with Crippen molar-refractivity contribution in [3.05, 3.63) is 6.04 Å². The molecule has 0 bridgehead atoms. The zero-order chi connectivity index (χ0) is 2.83. The van der Waals surface area contributed by atoms with Gasteiger partial charge in [0.2, 0.25) is 0 Å². The highest BCUT2D eigenvalue weighted by molar-refractivity contribution is 7.08. The Labute approximate surface area is 31.0 Å². The van der Waals surface area contributed by atoms with Crippen molar-refractivity contribution in [1.29, 1.82) is 0 Å². The molecule has 0 amide bonds. The summed E-state index contributed by atoms with van der Waals surface area (Å²) in [7, 11) is 1.31. The molecule has 0 N–H and O–H groups in total. The summed E-state index contributed by atoms with van der Waals surface area (Å²) in [6.07, 6.45) is 0. The molecule has 0 aromatic rings. The predicted molar refractivity (Wildman–Crippen MR) is 26.2 cm³/mol. The van der Waals surface area contributed by atoms with E-state index < -0.39 is 0 Å². The van der Waals surface area contributed by atoms with Crippen LogP contribution >= 0.6 is 0 Å². The van der Waals surface area contributed by atoms with E-state index in [0.29, 0.717) is 18.1 Å². The van der Waals surface area contributed by atoms with Crippen molar-refractivity contribution < 1.29 is 0 Å². The molecule has 0 aliphatic carbocycles. The summed E-state index contributed by atoms with van der Waals surface area (Å²) in [6, 6.07) is 4.08. The largest absolute Gasteiger partial charge is 0.0655 e. The van der Waals surface area contributed by atoms with Crippen molar-refractivity contribution in [1.82, 2.24) is 0 Å². The van der Waals surface area contributed by atoms with Gasteiger partial charge in [-0.2, -0.15) is 0 Å². The molecule has 1 aliphatic rings. The van der Waals surface area contributed by atoms with E-state index in [2.05, 4.69) is 6.04 Å². The monoisotopic (exact) mass is 87.0 g/mol. The zero-order valence-electron chi connectivity index (χ0n) is 2.70. The van der Waals surface area contributed by atoms with Gasteiger partial charge >= 0.3 is 0 Å². The van der Waals surface area contributed by atoms with E-state index in [1.54, 1.807) is 6.04 Å². The minimum atomic E-state index is 0.619. The highest BCUT2D eigenvalue weighted by Gasteiger charge is 1.98. The number of hydrogen-bond acceptors (Lipinski definition) is 0. The summed E-state index contributed by atoms with van der Waals surface area (Å²) >= 11 is 0. The fourth-order valence-electron chi connectivity index (χ4n) is 0.204. The fourth-order valence-corrected chi connectivity index (χ4v) is 1.84. The molecule has 0 saturated carbocycles. The van der Waals surface area contributed by atoms with Crippen LogP contribution in [0.2, 0.25) is 6.04 Å². The molecular formula is C2H7Si2. The van der Waals surface area contributed by atoms with Crippen molar-refractivity contribution >= 4 is 18.1 Å². The molecule has 0 unspecified atom stereocenters. The van der Waals surface area contributed by atoms with Crippen LogP contribution in [0, 0.1) is 6.04 Å². The smallest absolute Gasteiger partial charge is 0.0113 e. The van der Waals surface area contributed by atoms with Gasteiger partial charge in [0.25, 0.3) is 0 Å². The first-order chi connectivity index (χ1) is 2.00. The van der Waals surface area contributed by atoms with Crippen LogP contribution < -0.4 is 0 Å². The first-order valence-corrected chi connectivity index (χ1v) is 7.63. The second-order valence-electron chi connectivity index (χ2n) is 1.22. The lowest BCUT2D eigenvalue weighted by Crippen LogP contribution is -2.15. The average Bonchev–Trinajstić information content (AvgIpc) is 0.722. The van der Waals surface area contributed by atoms with Crippen LogP contribution in [0.25, 0.3) is 0 Å². The maximum absolute atomic E-state index is 2.51. The van der Waals surface area contributed by atoms with Gasteiger partial charge in [0.1, 0.15) is 0 Å². The third-order valence-electron chi connectivity index (χ3n) is 0.816. The molecule has 0 nitrogen and oxygen atoms in total. The molecule has 0 aromatic carbocycles. The van der Waals surface area contributed by atoms with Gasteiger partial charge in [0.15, 0.2) is 0 Å². The third kappa shape index (κ3) is 0.255. The van der Waals surface area contributed by atoms with Crippen molar-refractivity contribution in [3.8, 4) is 0 Å². The van der Waals surface area contributed by atoms with Crippen molar-refractivity contribution in [2.24, 2.45) is 0 Å². The second kappa shape index (κ2) is 1.03. The molecule has 1 rings (SSSR count). The molecule has 1 fully saturated rings. The molecular weight excluding hydrogens is 80.2 g/mol. The molecule has 1 heterocycles. The van der Waals surface area contributed by atoms with Gasteiger partial charge in [-0.1, -0.05) is 12.1 Å². The van der Waals surface area contributed by atoms with Gasteiger partial charge in [-0.3, -0.25) is 0 Å². The summed E-state index contributed by atoms with van der Waals surface area (Å²) in [5, 5.41) is 0. The molecule has 1 saturated heterocycles. The standard InChI is InChI=1S/C2H7Si2/c1-2-4-3-1/h1H,2-4H2. The minimum absolute atomic E-state index is 0.619. The second-order valence-corrected chi connectivity index (χ2v) is 7.51. The Morgan fingerprint density at radius 1 is 1.75 bits per heavy atom. The van der Waals surface area contributed by atoms with Crippen molar-refractivity contribution in [2.75, 3.05) is 0 Å². The average molecular weight is 87.2 g/mol. The minimum Gasteiger partial charge on any atom is -0.0655 e. The molecule has 4 heavy (non-hydrogen) atoms. The Hall–Kier alpha value is 0.434. The first-order valence-electron chi connectivity index (χ1n) is 1.82. The Morgan fingerprint density at radius 3 is 2.00 bits per heavy atom. The van der Waals surface area contributed by atoms with Gasteiger partial charge in [0.05, 0.1) is 0 Å². The summed E-state index contributed by atoms with van der Waals surface area (Å²) in [6.45, 7) is 0.